The van der Waals surface area contributed by atoms with Gasteiger partial charge in [0, 0.05) is 13.6 Å². The van der Waals surface area contributed by atoms with Crippen molar-refractivity contribution in [1.29, 1.82) is 0 Å². The summed E-state index contributed by atoms with van der Waals surface area (Å²) < 4.78 is 1.92. The molecule has 0 bridgehead atoms. The Morgan fingerprint density at radius 1 is 1.39 bits per heavy atom. The molecule has 0 radical (unpaired) electrons. The summed E-state index contributed by atoms with van der Waals surface area (Å²) in [6, 6.07) is 0. The number of unbranched alkanes of at least 4 members (excludes halogenated alkanes) is 2. The Balaban J connectivity index is 2.30. The molecule has 1 aromatic rings. The highest BCUT2D eigenvalue weighted by molar-refractivity contribution is 6.29. The van der Waals surface area contributed by atoms with Gasteiger partial charge >= 0.3 is 0 Å². The number of aromatic nitrogens is 2. The number of halogens is 1. The molecule has 0 aliphatic heterocycles. The Hall–Kier alpha value is -0.540. The number of nitrogens with zero attached hydrogens (tertiary/aromatic N) is 2. The zero-order chi connectivity index (χ0) is 13.6. The maximum Gasteiger partial charge on any atom is 0.128 e. The Labute approximate surface area is 116 Å². The van der Waals surface area contributed by atoms with E-state index in [0.29, 0.717) is 10.6 Å². The molecule has 104 valence electrons. The monoisotopic (exact) mass is 271 g/mol. The largest absolute Gasteiger partial charge is 0.321 e. The maximum atomic E-state index is 5.96. The zero-order valence-corrected chi connectivity index (χ0v) is 12.8. The Bertz CT molecular complexity index is 358. The lowest BCUT2D eigenvalue weighted by atomic mass is 9.87. The number of hydrogen-bond donors (Lipinski definition) is 1. The lowest BCUT2D eigenvalue weighted by Crippen LogP contribution is -2.29. The van der Waals surface area contributed by atoms with E-state index in [1.807, 2.05) is 11.6 Å². The molecule has 18 heavy (non-hydrogen) atoms. The second-order valence-electron chi connectivity index (χ2n) is 5.78. The van der Waals surface area contributed by atoms with Crippen LogP contribution in [0.15, 0.2) is 6.20 Å². The van der Waals surface area contributed by atoms with Crippen LogP contribution in [0.3, 0.4) is 0 Å². The third-order valence-electron chi connectivity index (χ3n) is 3.37. The minimum absolute atomic E-state index is 0.351. The van der Waals surface area contributed by atoms with Crippen LogP contribution in [-0.2, 0) is 13.6 Å². The number of hydrogen-bond acceptors (Lipinski definition) is 2. The first-order chi connectivity index (χ1) is 8.46. The van der Waals surface area contributed by atoms with E-state index in [4.69, 9.17) is 11.6 Å². The normalized spacial score (nSPS) is 12.1. The fraction of sp³-hybridized carbons (Fsp3) is 0.786. The van der Waals surface area contributed by atoms with Crippen LogP contribution in [0, 0.1) is 5.41 Å². The minimum Gasteiger partial charge on any atom is -0.321 e. The molecule has 0 spiro atoms. The summed E-state index contributed by atoms with van der Waals surface area (Å²) in [6.07, 6.45) is 6.91. The first-order valence-corrected chi connectivity index (χ1v) is 7.21. The molecular formula is C14H26ClN3. The van der Waals surface area contributed by atoms with E-state index < -0.39 is 0 Å². The summed E-state index contributed by atoms with van der Waals surface area (Å²) in [5.74, 6) is 0.990. The number of imidazole rings is 1. The highest BCUT2D eigenvalue weighted by atomic mass is 35.5. The quantitative estimate of drug-likeness (QED) is 0.730. The fourth-order valence-corrected chi connectivity index (χ4v) is 2.19. The summed E-state index contributed by atoms with van der Waals surface area (Å²) >= 11 is 5.96. The Kier molecular flexibility index (Phi) is 6.16. The van der Waals surface area contributed by atoms with Crippen LogP contribution in [0.1, 0.15) is 52.3 Å². The molecule has 0 aliphatic rings. The first kappa shape index (κ1) is 15.5. The first-order valence-electron chi connectivity index (χ1n) is 6.83. The standard InChI is InChI=1S/C14H26ClN3/c1-5-6-7-8-14(2,3)11-16-10-13-17-9-12(15)18(13)4/h9,16H,5-8,10-11H2,1-4H3. The summed E-state index contributed by atoms with van der Waals surface area (Å²) in [5.41, 5.74) is 0.351. The van der Waals surface area contributed by atoms with Gasteiger partial charge in [0.1, 0.15) is 11.0 Å². The van der Waals surface area contributed by atoms with Crippen LogP contribution < -0.4 is 5.32 Å². The fourth-order valence-electron chi connectivity index (χ4n) is 2.04. The summed E-state index contributed by atoms with van der Waals surface area (Å²) in [4.78, 5) is 4.28. The van der Waals surface area contributed by atoms with Gasteiger partial charge in [-0.2, -0.15) is 0 Å². The van der Waals surface area contributed by atoms with Crippen LogP contribution in [0.25, 0.3) is 0 Å². The van der Waals surface area contributed by atoms with Gasteiger partial charge in [-0.15, -0.1) is 0 Å². The average Bonchev–Trinajstić information content (AvgIpc) is 2.61. The van der Waals surface area contributed by atoms with Gasteiger partial charge in [-0.05, 0) is 11.8 Å². The third kappa shape index (κ3) is 4.99. The Morgan fingerprint density at radius 2 is 2.11 bits per heavy atom. The predicted octanol–water partition coefficient (Wildman–Crippen LogP) is 3.77. The van der Waals surface area contributed by atoms with Crippen molar-refractivity contribution in [3.8, 4) is 0 Å². The van der Waals surface area contributed by atoms with Crippen molar-refractivity contribution in [2.24, 2.45) is 12.5 Å². The van der Waals surface area contributed by atoms with E-state index in [1.54, 1.807) is 6.20 Å². The van der Waals surface area contributed by atoms with Gasteiger partial charge < -0.3 is 9.88 Å². The molecule has 0 saturated carbocycles. The highest BCUT2D eigenvalue weighted by Gasteiger charge is 2.17. The van der Waals surface area contributed by atoms with Crippen molar-refractivity contribution in [2.45, 2.75) is 53.0 Å². The van der Waals surface area contributed by atoms with Crippen LogP contribution >= 0.6 is 11.6 Å². The van der Waals surface area contributed by atoms with E-state index in [-0.39, 0.29) is 0 Å². The van der Waals surface area contributed by atoms with Gasteiger partial charge in [0.15, 0.2) is 0 Å². The molecule has 0 aromatic carbocycles. The predicted molar refractivity (Wildman–Crippen MR) is 77.8 cm³/mol. The number of nitrogens with one attached hydrogen (secondary N) is 1. The van der Waals surface area contributed by atoms with Crippen LogP contribution in [0.4, 0.5) is 0 Å². The number of rotatable bonds is 8. The SMILES string of the molecule is CCCCCC(C)(C)CNCc1ncc(Cl)n1C. The molecule has 1 aromatic heterocycles. The van der Waals surface area contributed by atoms with E-state index in [2.05, 4.69) is 31.1 Å². The van der Waals surface area contributed by atoms with Crippen molar-refractivity contribution in [1.82, 2.24) is 14.9 Å². The van der Waals surface area contributed by atoms with Crippen molar-refractivity contribution in [2.75, 3.05) is 6.54 Å². The van der Waals surface area contributed by atoms with Crippen molar-refractivity contribution < 1.29 is 0 Å². The molecule has 0 saturated heterocycles. The van der Waals surface area contributed by atoms with Crippen LogP contribution in [-0.4, -0.2) is 16.1 Å². The second kappa shape index (κ2) is 7.15. The molecule has 3 nitrogen and oxygen atoms in total. The third-order valence-corrected chi connectivity index (χ3v) is 3.72. The van der Waals surface area contributed by atoms with E-state index in [1.165, 1.54) is 25.7 Å². The smallest absolute Gasteiger partial charge is 0.128 e. The van der Waals surface area contributed by atoms with Crippen molar-refractivity contribution >= 4 is 11.6 Å². The van der Waals surface area contributed by atoms with Gasteiger partial charge in [0.25, 0.3) is 0 Å². The zero-order valence-electron chi connectivity index (χ0n) is 12.1. The Morgan fingerprint density at radius 3 is 2.67 bits per heavy atom. The molecule has 4 heteroatoms. The summed E-state index contributed by atoms with van der Waals surface area (Å²) in [6.45, 7) is 8.68. The average molecular weight is 272 g/mol. The van der Waals surface area contributed by atoms with Gasteiger partial charge in [-0.1, -0.05) is 51.6 Å². The molecule has 0 fully saturated rings. The molecule has 1 N–H and O–H groups in total. The molecule has 0 atom stereocenters. The van der Waals surface area contributed by atoms with Gasteiger partial charge in [0.05, 0.1) is 12.7 Å². The van der Waals surface area contributed by atoms with Gasteiger partial charge in [-0.3, -0.25) is 0 Å². The van der Waals surface area contributed by atoms with E-state index in [9.17, 15) is 0 Å². The highest BCUT2D eigenvalue weighted by Crippen LogP contribution is 2.22. The van der Waals surface area contributed by atoms with E-state index in [0.717, 1.165) is 18.9 Å². The van der Waals surface area contributed by atoms with Crippen LogP contribution in [0.5, 0.6) is 0 Å². The maximum absolute atomic E-state index is 5.96. The van der Waals surface area contributed by atoms with Gasteiger partial charge in [-0.25, -0.2) is 4.98 Å². The topological polar surface area (TPSA) is 29.9 Å². The molecule has 0 unspecified atom stereocenters. The molecular weight excluding hydrogens is 246 g/mol. The molecule has 1 rings (SSSR count). The second-order valence-corrected chi connectivity index (χ2v) is 6.17. The van der Waals surface area contributed by atoms with Crippen LogP contribution in [0.2, 0.25) is 5.15 Å². The molecule has 0 aliphatic carbocycles. The van der Waals surface area contributed by atoms with E-state index >= 15 is 0 Å². The van der Waals surface area contributed by atoms with Crippen molar-refractivity contribution in [3.63, 3.8) is 0 Å². The summed E-state index contributed by atoms with van der Waals surface area (Å²) in [7, 11) is 1.94. The van der Waals surface area contributed by atoms with Gasteiger partial charge in [0.2, 0.25) is 0 Å². The summed E-state index contributed by atoms with van der Waals surface area (Å²) in [5, 5.41) is 4.17. The lowest BCUT2D eigenvalue weighted by Gasteiger charge is -2.25. The molecule has 1 heterocycles. The molecule has 0 amide bonds. The lowest BCUT2D eigenvalue weighted by molar-refractivity contribution is 0.300. The van der Waals surface area contributed by atoms with Crippen molar-refractivity contribution in [3.05, 3.63) is 17.2 Å². The minimum atomic E-state index is 0.351.